The van der Waals surface area contributed by atoms with E-state index in [4.69, 9.17) is 15.2 Å². The lowest BCUT2D eigenvalue weighted by Crippen LogP contribution is -2.36. The molecule has 0 amide bonds. The monoisotopic (exact) mass is 239 g/mol. The third-order valence-corrected chi connectivity index (χ3v) is 3.20. The Morgan fingerprint density at radius 1 is 1.24 bits per heavy atom. The highest BCUT2D eigenvalue weighted by Gasteiger charge is 2.27. The summed E-state index contributed by atoms with van der Waals surface area (Å²) in [6, 6.07) is 4.18. The first-order valence-corrected chi connectivity index (χ1v) is 5.95. The second kappa shape index (κ2) is 5.36. The van der Waals surface area contributed by atoms with Gasteiger partial charge in [0.1, 0.15) is 17.7 Å². The Balaban J connectivity index is 2.10. The van der Waals surface area contributed by atoms with Gasteiger partial charge in [0.2, 0.25) is 0 Å². The van der Waals surface area contributed by atoms with Gasteiger partial charge in [0.05, 0.1) is 11.8 Å². The topological polar surface area (TPSA) is 44.5 Å². The number of hydrogen-bond donors (Lipinski definition) is 1. The summed E-state index contributed by atoms with van der Waals surface area (Å²) in [7, 11) is 1.68. The molecule has 0 bridgehead atoms. The van der Waals surface area contributed by atoms with Gasteiger partial charge in [0.15, 0.2) is 0 Å². The Labute approximate surface area is 101 Å². The molecule has 1 aromatic rings. The number of halogens is 1. The molecule has 1 aliphatic carbocycles. The highest BCUT2D eigenvalue weighted by molar-refractivity contribution is 5.52. The van der Waals surface area contributed by atoms with E-state index in [9.17, 15) is 4.39 Å². The van der Waals surface area contributed by atoms with E-state index in [2.05, 4.69) is 0 Å². The average molecular weight is 239 g/mol. The van der Waals surface area contributed by atoms with E-state index >= 15 is 0 Å². The Bertz CT molecular complexity index is 384. The molecular weight excluding hydrogens is 221 g/mol. The maximum absolute atomic E-state index is 13.1. The summed E-state index contributed by atoms with van der Waals surface area (Å²) in [5, 5.41) is 0. The molecule has 4 heteroatoms. The van der Waals surface area contributed by atoms with Crippen LogP contribution in [0.5, 0.6) is 5.75 Å². The number of nitrogen functional groups attached to an aromatic ring is 1. The molecule has 1 unspecified atom stereocenters. The van der Waals surface area contributed by atoms with E-state index in [-0.39, 0.29) is 18.0 Å². The molecule has 2 rings (SSSR count). The second-order valence-electron chi connectivity index (χ2n) is 4.40. The van der Waals surface area contributed by atoms with Gasteiger partial charge in [-0.15, -0.1) is 0 Å². The number of anilines is 1. The van der Waals surface area contributed by atoms with E-state index in [1.54, 1.807) is 7.11 Å². The SMILES string of the molecule is COC1CCCC[C@H]1Oc1cc(F)ccc1N. The summed E-state index contributed by atoms with van der Waals surface area (Å²) >= 11 is 0. The molecule has 94 valence electrons. The molecule has 0 spiro atoms. The van der Waals surface area contributed by atoms with Gasteiger partial charge in [-0.1, -0.05) is 6.42 Å². The molecule has 17 heavy (non-hydrogen) atoms. The fraction of sp³-hybridized carbons (Fsp3) is 0.538. The van der Waals surface area contributed by atoms with E-state index in [1.807, 2.05) is 0 Å². The molecule has 1 fully saturated rings. The first-order chi connectivity index (χ1) is 8.20. The van der Waals surface area contributed by atoms with Gasteiger partial charge < -0.3 is 15.2 Å². The Morgan fingerprint density at radius 2 is 1.94 bits per heavy atom. The van der Waals surface area contributed by atoms with E-state index < -0.39 is 0 Å². The van der Waals surface area contributed by atoms with Crippen LogP contribution in [0.2, 0.25) is 0 Å². The molecule has 2 atom stereocenters. The summed E-state index contributed by atoms with van der Waals surface area (Å²) in [6.07, 6.45) is 4.21. The van der Waals surface area contributed by atoms with Crippen LogP contribution in [0.4, 0.5) is 10.1 Å². The minimum Gasteiger partial charge on any atom is -0.485 e. The molecule has 1 aromatic carbocycles. The summed E-state index contributed by atoms with van der Waals surface area (Å²) in [5.74, 6) is 0.0814. The van der Waals surface area contributed by atoms with Crippen molar-refractivity contribution in [2.75, 3.05) is 12.8 Å². The van der Waals surface area contributed by atoms with Gasteiger partial charge in [-0.3, -0.25) is 0 Å². The third-order valence-electron chi connectivity index (χ3n) is 3.20. The molecular formula is C13H18FNO2. The van der Waals surface area contributed by atoms with E-state index in [1.165, 1.54) is 18.2 Å². The Morgan fingerprint density at radius 3 is 2.65 bits per heavy atom. The maximum Gasteiger partial charge on any atom is 0.145 e. The molecule has 0 aliphatic heterocycles. The van der Waals surface area contributed by atoms with Crippen LogP contribution < -0.4 is 10.5 Å². The quantitative estimate of drug-likeness (QED) is 0.825. The van der Waals surface area contributed by atoms with Crippen LogP contribution in [0.15, 0.2) is 18.2 Å². The number of benzene rings is 1. The largest absolute Gasteiger partial charge is 0.485 e. The predicted molar refractivity (Wildman–Crippen MR) is 64.5 cm³/mol. The molecule has 0 heterocycles. The van der Waals surface area contributed by atoms with Crippen molar-refractivity contribution in [2.45, 2.75) is 37.9 Å². The summed E-state index contributed by atoms with van der Waals surface area (Å²) in [5.41, 5.74) is 6.23. The number of hydrogen-bond acceptors (Lipinski definition) is 3. The molecule has 1 aliphatic rings. The summed E-state index contributed by atoms with van der Waals surface area (Å²) < 4.78 is 24.3. The molecule has 0 saturated heterocycles. The highest BCUT2D eigenvalue weighted by atomic mass is 19.1. The molecule has 0 aromatic heterocycles. The van der Waals surface area contributed by atoms with E-state index in [0.717, 1.165) is 25.7 Å². The summed E-state index contributed by atoms with van der Waals surface area (Å²) in [4.78, 5) is 0. The van der Waals surface area contributed by atoms with Gasteiger partial charge >= 0.3 is 0 Å². The maximum atomic E-state index is 13.1. The zero-order chi connectivity index (χ0) is 12.3. The van der Waals surface area contributed by atoms with Gasteiger partial charge in [0.25, 0.3) is 0 Å². The van der Waals surface area contributed by atoms with Gasteiger partial charge in [-0.25, -0.2) is 4.39 Å². The van der Waals surface area contributed by atoms with Crippen molar-refractivity contribution in [3.63, 3.8) is 0 Å². The van der Waals surface area contributed by atoms with Gasteiger partial charge in [-0.05, 0) is 31.4 Å². The van der Waals surface area contributed by atoms with Crippen LogP contribution in [0.1, 0.15) is 25.7 Å². The molecule has 1 saturated carbocycles. The van der Waals surface area contributed by atoms with Gasteiger partial charge in [-0.2, -0.15) is 0 Å². The number of ether oxygens (including phenoxy) is 2. The number of rotatable bonds is 3. The highest BCUT2D eigenvalue weighted by Crippen LogP contribution is 2.29. The lowest BCUT2D eigenvalue weighted by molar-refractivity contribution is -0.0227. The molecule has 3 nitrogen and oxygen atoms in total. The Kier molecular flexibility index (Phi) is 3.84. The van der Waals surface area contributed by atoms with Crippen LogP contribution in [0, 0.1) is 5.82 Å². The Hall–Kier alpha value is -1.29. The van der Waals surface area contributed by atoms with Crippen LogP contribution in [-0.4, -0.2) is 19.3 Å². The smallest absolute Gasteiger partial charge is 0.145 e. The minimum absolute atomic E-state index is 0.0298. The van der Waals surface area contributed by atoms with Crippen molar-refractivity contribution < 1.29 is 13.9 Å². The normalized spacial score (nSPS) is 24.6. The molecule has 0 radical (unpaired) electrons. The number of nitrogens with two attached hydrogens (primary N) is 1. The first-order valence-electron chi connectivity index (χ1n) is 5.95. The molecule has 2 N–H and O–H groups in total. The third kappa shape index (κ3) is 2.88. The van der Waals surface area contributed by atoms with Gasteiger partial charge in [0, 0.05) is 13.2 Å². The fourth-order valence-corrected chi connectivity index (χ4v) is 2.24. The fourth-order valence-electron chi connectivity index (χ4n) is 2.24. The van der Waals surface area contributed by atoms with Crippen LogP contribution >= 0.6 is 0 Å². The van der Waals surface area contributed by atoms with Crippen LogP contribution in [-0.2, 0) is 4.74 Å². The minimum atomic E-state index is -0.334. The number of methoxy groups -OCH3 is 1. The van der Waals surface area contributed by atoms with Crippen molar-refractivity contribution >= 4 is 5.69 Å². The van der Waals surface area contributed by atoms with Crippen molar-refractivity contribution in [2.24, 2.45) is 0 Å². The van der Waals surface area contributed by atoms with Crippen molar-refractivity contribution in [1.82, 2.24) is 0 Å². The van der Waals surface area contributed by atoms with Crippen LogP contribution in [0.3, 0.4) is 0 Å². The average Bonchev–Trinajstić information content (AvgIpc) is 2.34. The predicted octanol–water partition coefficient (Wildman–Crippen LogP) is 2.74. The standard InChI is InChI=1S/C13H18FNO2/c1-16-11-4-2-3-5-12(11)17-13-8-9(14)6-7-10(13)15/h6-8,11-12H,2-5,15H2,1H3/t11?,12-/m1/s1. The zero-order valence-electron chi connectivity index (χ0n) is 9.99. The van der Waals surface area contributed by atoms with Crippen molar-refractivity contribution in [1.29, 1.82) is 0 Å². The lowest BCUT2D eigenvalue weighted by Gasteiger charge is -2.31. The summed E-state index contributed by atoms with van der Waals surface area (Å²) in [6.45, 7) is 0. The van der Waals surface area contributed by atoms with Crippen LogP contribution in [0.25, 0.3) is 0 Å². The first kappa shape index (κ1) is 12.2. The van der Waals surface area contributed by atoms with Crippen molar-refractivity contribution in [3.8, 4) is 5.75 Å². The second-order valence-corrected chi connectivity index (χ2v) is 4.40. The lowest BCUT2D eigenvalue weighted by atomic mass is 9.94. The zero-order valence-corrected chi connectivity index (χ0v) is 9.99. The van der Waals surface area contributed by atoms with Crippen molar-refractivity contribution in [3.05, 3.63) is 24.0 Å². The van der Waals surface area contributed by atoms with E-state index in [0.29, 0.717) is 11.4 Å².